The monoisotopic (exact) mass is 353 g/mol. The van der Waals surface area contributed by atoms with Gasteiger partial charge in [0, 0.05) is 11.9 Å². The van der Waals surface area contributed by atoms with Gasteiger partial charge in [-0.2, -0.15) is 0 Å². The number of hydrogen-bond donors (Lipinski definition) is 1. The van der Waals surface area contributed by atoms with Gasteiger partial charge in [-0.05, 0) is 55.3 Å². The number of hydrogen-bond acceptors (Lipinski definition) is 3. The van der Waals surface area contributed by atoms with Crippen molar-refractivity contribution in [2.75, 3.05) is 5.32 Å². The normalized spacial score (nSPS) is 11.1. The van der Waals surface area contributed by atoms with Crippen molar-refractivity contribution in [2.45, 2.75) is 13.8 Å². The molecule has 5 heteroatoms. The molecule has 120 valence electrons. The number of aryl methyl sites for hydroxylation is 2. The second kappa shape index (κ2) is 5.96. The zero-order chi connectivity index (χ0) is 16.7. The molecule has 0 aliphatic carbocycles. The first-order valence-electron chi connectivity index (χ1n) is 7.69. The van der Waals surface area contributed by atoms with Crippen LogP contribution in [-0.2, 0) is 0 Å². The van der Waals surface area contributed by atoms with E-state index < -0.39 is 0 Å². The molecule has 1 aromatic carbocycles. The predicted molar refractivity (Wildman–Crippen MR) is 103 cm³/mol. The number of benzene rings is 1. The molecule has 4 aromatic rings. The molecule has 1 N–H and O–H groups in total. The number of anilines is 2. The number of nitrogens with zero attached hydrogens (tertiary/aromatic N) is 2. The fraction of sp³-hybridized carbons (Fsp3) is 0.105. The maximum absolute atomic E-state index is 6.14. The van der Waals surface area contributed by atoms with E-state index in [1.807, 2.05) is 24.3 Å². The van der Waals surface area contributed by atoms with Crippen molar-refractivity contribution in [3.05, 3.63) is 70.2 Å². The average Bonchev–Trinajstić information content (AvgIpc) is 3.13. The van der Waals surface area contributed by atoms with Gasteiger partial charge < -0.3 is 5.32 Å². The highest BCUT2D eigenvalue weighted by molar-refractivity contribution is 7.19. The summed E-state index contributed by atoms with van der Waals surface area (Å²) < 4.78 is 2.85. The first kappa shape index (κ1) is 15.2. The van der Waals surface area contributed by atoms with Gasteiger partial charge in [0.15, 0.2) is 0 Å². The number of halogens is 1. The van der Waals surface area contributed by atoms with Crippen LogP contribution >= 0.6 is 22.9 Å². The van der Waals surface area contributed by atoms with Crippen molar-refractivity contribution in [3.63, 3.8) is 0 Å². The van der Waals surface area contributed by atoms with E-state index in [1.165, 1.54) is 22.5 Å². The van der Waals surface area contributed by atoms with Crippen LogP contribution in [-0.4, -0.2) is 9.38 Å². The van der Waals surface area contributed by atoms with E-state index in [9.17, 15) is 0 Å². The molecule has 3 heterocycles. The Morgan fingerprint density at radius 1 is 1.08 bits per heavy atom. The van der Waals surface area contributed by atoms with Crippen LogP contribution in [0.25, 0.3) is 16.2 Å². The van der Waals surface area contributed by atoms with Crippen LogP contribution in [0.2, 0.25) is 4.34 Å². The van der Waals surface area contributed by atoms with E-state index in [4.69, 9.17) is 16.6 Å². The van der Waals surface area contributed by atoms with Crippen molar-refractivity contribution >= 4 is 40.1 Å². The van der Waals surface area contributed by atoms with Crippen LogP contribution in [0.5, 0.6) is 0 Å². The highest BCUT2D eigenvalue weighted by Crippen LogP contribution is 2.37. The van der Waals surface area contributed by atoms with Crippen molar-refractivity contribution < 1.29 is 0 Å². The molecule has 0 amide bonds. The summed E-state index contributed by atoms with van der Waals surface area (Å²) >= 11 is 7.67. The maximum atomic E-state index is 6.14. The molecule has 0 aliphatic rings. The molecule has 3 aromatic heterocycles. The lowest BCUT2D eigenvalue weighted by atomic mass is 10.2. The van der Waals surface area contributed by atoms with Crippen LogP contribution in [0.15, 0.2) is 54.7 Å². The number of imidazole rings is 1. The molecule has 0 saturated carbocycles. The van der Waals surface area contributed by atoms with E-state index >= 15 is 0 Å². The summed E-state index contributed by atoms with van der Waals surface area (Å²) in [5.74, 6) is 0.956. The summed E-state index contributed by atoms with van der Waals surface area (Å²) in [5.41, 5.74) is 5.29. The number of thiophene rings is 1. The number of fused-ring (bicyclic) bond motifs is 1. The number of pyridine rings is 1. The number of para-hydroxylation sites is 1. The van der Waals surface area contributed by atoms with Crippen LogP contribution < -0.4 is 5.32 Å². The second-order valence-electron chi connectivity index (χ2n) is 5.78. The van der Waals surface area contributed by atoms with E-state index in [0.717, 1.165) is 32.1 Å². The van der Waals surface area contributed by atoms with Gasteiger partial charge in [-0.1, -0.05) is 29.8 Å². The Morgan fingerprint density at radius 3 is 2.67 bits per heavy atom. The zero-order valence-corrected chi connectivity index (χ0v) is 14.9. The molecule has 0 fully saturated rings. The Labute approximate surface area is 149 Å². The summed E-state index contributed by atoms with van der Waals surface area (Å²) in [5, 5.41) is 3.56. The lowest BCUT2D eigenvalue weighted by Crippen LogP contribution is -1.98. The largest absolute Gasteiger partial charge is 0.339 e. The quantitative estimate of drug-likeness (QED) is 0.483. The smallest absolute Gasteiger partial charge is 0.144 e. The molecule has 24 heavy (non-hydrogen) atoms. The first-order chi connectivity index (χ1) is 11.6. The zero-order valence-electron chi connectivity index (χ0n) is 13.4. The van der Waals surface area contributed by atoms with Crippen LogP contribution in [0.1, 0.15) is 11.1 Å². The Morgan fingerprint density at radius 2 is 1.92 bits per heavy atom. The van der Waals surface area contributed by atoms with Crippen molar-refractivity contribution in [1.29, 1.82) is 0 Å². The lowest BCUT2D eigenvalue weighted by Gasteiger charge is -2.10. The SMILES string of the molecule is Cc1ccn2c(Nc3ccccc3C)c(-c3ccc(Cl)s3)nc2c1. The molecule has 0 saturated heterocycles. The molecule has 0 radical (unpaired) electrons. The molecular formula is C19H16ClN3S. The fourth-order valence-corrected chi connectivity index (χ4v) is 3.75. The minimum atomic E-state index is 0.764. The van der Waals surface area contributed by atoms with Gasteiger partial charge in [0.2, 0.25) is 0 Å². The van der Waals surface area contributed by atoms with Gasteiger partial charge in [-0.3, -0.25) is 4.40 Å². The van der Waals surface area contributed by atoms with Gasteiger partial charge in [-0.25, -0.2) is 4.98 Å². The Bertz CT molecular complexity index is 1030. The van der Waals surface area contributed by atoms with E-state index in [-0.39, 0.29) is 0 Å². The number of nitrogens with one attached hydrogen (secondary N) is 1. The summed E-state index contributed by atoms with van der Waals surface area (Å²) in [4.78, 5) is 5.89. The van der Waals surface area contributed by atoms with Crippen molar-refractivity contribution in [1.82, 2.24) is 9.38 Å². The molecule has 0 atom stereocenters. The summed E-state index contributed by atoms with van der Waals surface area (Å²) in [6.45, 7) is 4.17. The summed E-state index contributed by atoms with van der Waals surface area (Å²) in [7, 11) is 0. The van der Waals surface area contributed by atoms with Gasteiger partial charge >= 0.3 is 0 Å². The van der Waals surface area contributed by atoms with Gasteiger partial charge in [0.25, 0.3) is 0 Å². The summed E-state index contributed by atoms with van der Waals surface area (Å²) in [6.07, 6.45) is 2.05. The Hall–Kier alpha value is -2.30. The van der Waals surface area contributed by atoms with E-state index in [2.05, 4.69) is 54.0 Å². The molecule has 0 aliphatic heterocycles. The third-order valence-corrected chi connectivity index (χ3v) is 5.22. The minimum absolute atomic E-state index is 0.764. The summed E-state index contributed by atoms with van der Waals surface area (Å²) in [6, 6.07) is 16.3. The minimum Gasteiger partial charge on any atom is -0.339 e. The number of rotatable bonds is 3. The van der Waals surface area contributed by atoms with Crippen molar-refractivity contribution in [2.24, 2.45) is 0 Å². The molecule has 4 rings (SSSR count). The van der Waals surface area contributed by atoms with E-state index in [0.29, 0.717) is 0 Å². The molecule has 0 spiro atoms. The maximum Gasteiger partial charge on any atom is 0.144 e. The third kappa shape index (κ3) is 2.68. The molecule has 0 unspecified atom stereocenters. The van der Waals surface area contributed by atoms with Crippen molar-refractivity contribution in [3.8, 4) is 10.6 Å². The molecular weight excluding hydrogens is 338 g/mol. The standard InChI is InChI=1S/C19H16ClN3S/c1-12-9-10-23-17(11-12)22-18(15-7-8-16(20)24-15)19(23)21-14-6-4-3-5-13(14)2/h3-11,21H,1-2H3. The topological polar surface area (TPSA) is 29.3 Å². The highest BCUT2D eigenvalue weighted by Gasteiger charge is 2.16. The first-order valence-corrected chi connectivity index (χ1v) is 8.88. The fourth-order valence-electron chi connectivity index (χ4n) is 2.72. The average molecular weight is 354 g/mol. The highest BCUT2D eigenvalue weighted by atomic mass is 35.5. The number of aromatic nitrogens is 2. The van der Waals surface area contributed by atoms with Crippen LogP contribution in [0.4, 0.5) is 11.5 Å². The van der Waals surface area contributed by atoms with Gasteiger partial charge in [-0.15, -0.1) is 11.3 Å². The molecule has 0 bridgehead atoms. The van der Waals surface area contributed by atoms with E-state index in [1.54, 1.807) is 0 Å². The molecule has 3 nitrogen and oxygen atoms in total. The van der Waals surface area contributed by atoms with Gasteiger partial charge in [0.05, 0.1) is 9.21 Å². The lowest BCUT2D eigenvalue weighted by molar-refractivity contribution is 1.17. The van der Waals surface area contributed by atoms with Crippen LogP contribution in [0.3, 0.4) is 0 Å². The third-order valence-electron chi connectivity index (χ3n) is 3.99. The van der Waals surface area contributed by atoms with Gasteiger partial charge in [0.1, 0.15) is 17.2 Å². The Kier molecular flexibility index (Phi) is 3.79. The Balaban J connectivity index is 1.92. The second-order valence-corrected chi connectivity index (χ2v) is 7.50. The van der Waals surface area contributed by atoms with Crippen LogP contribution in [0, 0.1) is 13.8 Å². The predicted octanol–water partition coefficient (Wildman–Crippen LogP) is 6.08.